The molecule has 0 spiro atoms. The number of primary amides is 1. The van der Waals surface area contributed by atoms with Gasteiger partial charge in [-0.1, -0.05) is 0 Å². The van der Waals surface area contributed by atoms with Crippen LogP contribution in [0.25, 0.3) is 23.2 Å². The van der Waals surface area contributed by atoms with Gasteiger partial charge in [0.15, 0.2) is 5.82 Å². The lowest BCUT2D eigenvalue weighted by Gasteiger charge is -2.08. The minimum atomic E-state index is -4.56. The summed E-state index contributed by atoms with van der Waals surface area (Å²) in [5, 5.41) is 4.02. The van der Waals surface area contributed by atoms with Crippen LogP contribution in [-0.4, -0.2) is 30.6 Å². The molecule has 0 aliphatic heterocycles. The summed E-state index contributed by atoms with van der Waals surface area (Å²) in [6, 6.07) is 3.12. The van der Waals surface area contributed by atoms with E-state index in [1.165, 1.54) is 18.6 Å². The number of thiol groups is 1. The zero-order valence-corrected chi connectivity index (χ0v) is 14.6. The van der Waals surface area contributed by atoms with E-state index in [2.05, 4.69) is 32.7 Å². The number of nitrogens with two attached hydrogens (primary N) is 1. The number of aromatic nitrogens is 5. The van der Waals surface area contributed by atoms with E-state index >= 15 is 0 Å². The van der Waals surface area contributed by atoms with Crippen LogP contribution in [0.2, 0.25) is 0 Å². The van der Waals surface area contributed by atoms with E-state index in [0.29, 0.717) is 0 Å². The molecule has 0 aliphatic carbocycles. The van der Waals surface area contributed by atoms with Crippen molar-refractivity contribution in [1.29, 1.82) is 0 Å². The summed E-state index contributed by atoms with van der Waals surface area (Å²) < 4.78 is 52.8. The highest BCUT2D eigenvalue weighted by Crippen LogP contribution is 2.33. The number of carbonyl (C=O) groups is 1. The highest BCUT2D eigenvalue weighted by Gasteiger charge is 2.31. The standard InChI is InChI=1S/C16H10F4N6OS/c17-15-22-4-9(5-23-15)12(13(21)27)6-26-7-24-14(25-26)8-1-10(16(18,19)20)3-11(28)2-8/h1-7,28H,(H2,21,27)/b12-6+. The quantitative estimate of drug-likeness (QED) is 0.298. The van der Waals surface area contributed by atoms with Gasteiger partial charge in [0, 0.05) is 34.6 Å². The number of alkyl halides is 3. The molecule has 3 aromatic rings. The Bertz CT molecular complexity index is 1060. The maximum absolute atomic E-state index is 13.0. The van der Waals surface area contributed by atoms with Gasteiger partial charge >= 0.3 is 12.3 Å². The SMILES string of the molecule is NC(=O)/C(=C/n1cnc(-c2cc(S)cc(C(F)(F)F)c2)n1)c1cnc(F)nc1. The molecule has 2 N–H and O–H groups in total. The summed E-state index contributed by atoms with van der Waals surface area (Å²) in [4.78, 5) is 22.4. The van der Waals surface area contributed by atoms with Gasteiger partial charge in [-0.15, -0.1) is 17.7 Å². The Morgan fingerprint density at radius 1 is 1.14 bits per heavy atom. The molecule has 0 saturated carbocycles. The van der Waals surface area contributed by atoms with Crippen LogP contribution < -0.4 is 5.73 Å². The number of halogens is 4. The Labute approximate surface area is 160 Å². The average molecular weight is 410 g/mol. The Balaban J connectivity index is 1.99. The summed E-state index contributed by atoms with van der Waals surface area (Å²) in [5.74, 6) is -0.902. The highest BCUT2D eigenvalue weighted by molar-refractivity contribution is 7.80. The zero-order valence-electron chi connectivity index (χ0n) is 13.7. The summed E-state index contributed by atoms with van der Waals surface area (Å²) in [7, 11) is 0. The molecule has 144 valence electrons. The Morgan fingerprint density at radius 3 is 2.43 bits per heavy atom. The Kier molecular flexibility index (Phi) is 5.14. The molecule has 2 aromatic heterocycles. The zero-order chi connectivity index (χ0) is 20.5. The molecule has 1 aromatic carbocycles. The molecule has 0 unspecified atom stereocenters. The first-order chi connectivity index (χ1) is 13.1. The van der Waals surface area contributed by atoms with E-state index in [1.807, 2.05) is 0 Å². The minimum Gasteiger partial charge on any atom is -0.366 e. The van der Waals surface area contributed by atoms with E-state index in [1.54, 1.807) is 0 Å². The van der Waals surface area contributed by atoms with E-state index in [0.717, 1.165) is 29.2 Å². The largest absolute Gasteiger partial charge is 0.416 e. The van der Waals surface area contributed by atoms with Crippen LogP contribution in [0.4, 0.5) is 17.6 Å². The van der Waals surface area contributed by atoms with Crippen LogP contribution in [0, 0.1) is 6.08 Å². The average Bonchev–Trinajstić information content (AvgIpc) is 3.08. The normalized spacial score (nSPS) is 12.2. The molecule has 2 heterocycles. The molecular weight excluding hydrogens is 400 g/mol. The van der Waals surface area contributed by atoms with Crippen molar-refractivity contribution in [3.8, 4) is 11.4 Å². The summed E-state index contributed by atoms with van der Waals surface area (Å²) >= 11 is 3.97. The fourth-order valence-electron chi connectivity index (χ4n) is 2.24. The molecule has 0 saturated heterocycles. The number of benzene rings is 1. The highest BCUT2D eigenvalue weighted by atomic mass is 32.1. The van der Waals surface area contributed by atoms with Gasteiger partial charge in [-0.3, -0.25) is 4.79 Å². The summed E-state index contributed by atoms with van der Waals surface area (Å²) in [6.07, 6.45) is -1.10. The lowest BCUT2D eigenvalue weighted by Crippen LogP contribution is -2.14. The second-order valence-electron chi connectivity index (χ2n) is 5.46. The van der Waals surface area contributed by atoms with Crippen molar-refractivity contribution in [3.63, 3.8) is 0 Å². The second-order valence-corrected chi connectivity index (χ2v) is 5.98. The second kappa shape index (κ2) is 7.38. The first-order valence-corrected chi connectivity index (χ1v) is 7.90. The lowest BCUT2D eigenvalue weighted by atomic mass is 10.1. The fourth-order valence-corrected chi connectivity index (χ4v) is 2.52. The van der Waals surface area contributed by atoms with Crippen molar-refractivity contribution >= 4 is 30.3 Å². The number of carbonyl (C=O) groups excluding carboxylic acids is 1. The van der Waals surface area contributed by atoms with Crippen LogP contribution in [0.3, 0.4) is 0 Å². The maximum Gasteiger partial charge on any atom is 0.416 e. The molecule has 7 nitrogen and oxygen atoms in total. The number of hydrogen-bond acceptors (Lipinski definition) is 6. The van der Waals surface area contributed by atoms with E-state index in [9.17, 15) is 22.4 Å². The molecule has 0 bridgehead atoms. The predicted octanol–water partition coefficient (Wildman–Crippen LogP) is 2.67. The van der Waals surface area contributed by atoms with Gasteiger partial charge in [-0.25, -0.2) is 19.6 Å². The number of amides is 1. The Hall–Kier alpha value is -3.28. The van der Waals surface area contributed by atoms with Crippen molar-refractivity contribution in [2.45, 2.75) is 11.1 Å². The number of rotatable bonds is 4. The van der Waals surface area contributed by atoms with Crippen molar-refractivity contribution in [2.24, 2.45) is 5.73 Å². The van der Waals surface area contributed by atoms with Crippen LogP contribution in [-0.2, 0) is 11.0 Å². The molecule has 28 heavy (non-hydrogen) atoms. The molecule has 0 radical (unpaired) electrons. The minimum absolute atomic E-state index is 0.0307. The molecule has 0 fully saturated rings. The van der Waals surface area contributed by atoms with Gasteiger partial charge in [0.2, 0.25) is 0 Å². The third kappa shape index (κ3) is 4.34. The van der Waals surface area contributed by atoms with Crippen LogP contribution >= 0.6 is 12.6 Å². The smallest absolute Gasteiger partial charge is 0.366 e. The summed E-state index contributed by atoms with van der Waals surface area (Å²) in [5.41, 5.74) is 4.51. The van der Waals surface area contributed by atoms with Gasteiger partial charge in [-0.05, 0) is 18.2 Å². The van der Waals surface area contributed by atoms with Crippen LogP contribution in [0.1, 0.15) is 11.1 Å². The molecule has 12 heteroatoms. The number of nitrogens with zero attached hydrogens (tertiary/aromatic N) is 5. The van der Waals surface area contributed by atoms with E-state index < -0.39 is 23.7 Å². The van der Waals surface area contributed by atoms with Gasteiger partial charge < -0.3 is 5.73 Å². The molecular formula is C16H10F4N6OS. The first-order valence-electron chi connectivity index (χ1n) is 7.46. The molecule has 3 rings (SSSR count). The van der Waals surface area contributed by atoms with Gasteiger partial charge in [0.25, 0.3) is 5.91 Å². The molecule has 0 atom stereocenters. The van der Waals surface area contributed by atoms with Crippen molar-refractivity contribution in [2.75, 3.05) is 0 Å². The fraction of sp³-hybridized carbons (Fsp3) is 0.0625. The van der Waals surface area contributed by atoms with Crippen molar-refractivity contribution < 1.29 is 22.4 Å². The van der Waals surface area contributed by atoms with Crippen molar-refractivity contribution in [1.82, 2.24) is 24.7 Å². The van der Waals surface area contributed by atoms with Gasteiger partial charge in [0.05, 0.1) is 11.1 Å². The van der Waals surface area contributed by atoms with Gasteiger partial charge in [0.1, 0.15) is 6.33 Å². The van der Waals surface area contributed by atoms with Crippen LogP contribution in [0.15, 0.2) is 41.8 Å². The summed E-state index contributed by atoms with van der Waals surface area (Å²) in [6.45, 7) is 0. The van der Waals surface area contributed by atoms with E-state index in [-0.39, 0.29) is 27.4 Å². The topological polar surface area (TPSA) is 99.6 Å². The monoisotopic (exact) mass is 410 g/mol. The Morgan fingerprint density at radius 2 is 1.82 bits per heavy atom. The van der Waals surface area contributed by atoms with Crippen molar-refractivity contribution in [3.05, 3.63) is 54.1 Å². The third-order valence-electron chi connectivity index (χ3n) is 3.47. The third-order valence-corrected chi connectivity index (χ3v) is 3.73. The van der Waals surface area contributed by atoms with Crippen LogP contribution in [0.5, 0.6) is 0 Å². The molecule has 1 amide bonds. The predicted molar refractivity (Wildman–Crippen MR) is 93.1 cm³/mol. The number of hydrogen-bond donors (Lipinski definition) is 2. The van der Waals surface area contributed by atoms with E-state index in [4.69, 9.17) is 5.73 Å². The maximum atomic E-state index is 13.0. The molecule has 0 aliphatic rings. The van der Waals surface area contributed by atoms with Gasteiger partial charge in [-0.2, -0.15) is 17.6 Å². The lowest BCUT2D eigenvalue weighted by molar-refractivity contribution is -0.137. The first kappa shape index (κ1) is 19.5.